The molecule has 1 aromatic heterocycles. The minimum atomic E-state index is -0.402. The zero-order valence-electron chi connectivity index (χ0n) is 24.0. The summed E-state index contributed by atoms with van der Waals surface area (Å²) in [5, 5.41) is 32.4. The van der Waals surface area contributed by atoms with Crippen LogP contribution in [0.4, 0.5) is 16.5 Å². The molecule has 0 amide bonds. The zero-order chi connectivity index (χ0) is 30.9. The first-order valence-electron chi connectivity index (χ1n) is 14.6. The highest BCUT2D eigenvalue weighted by Gasteiger charge is 2.43. The number of allylic oxidation sites excluding steroid dienone is 1. The number of fused-ring (bicyclic) bond motifs is 1. The SMILES string of the molecule is O=[N+]([O-])c1ccc(/C=C2\CCCC3C2=NN(c2nc(-c4ccc(-c5ccccc5)cc4)cs2)C3c2ccc([N+](=O)[O-])cc2)cc1. The van der Waals surface area contributed by atoms with E-state index in [0.717, 1.165) is 69.2 Å². The summed E-state index contributed by atoms with van der Waals surface area (Å²) >= 11 is 1.52. The number of thiazole rings is 1. The van der Waals surface area contributed by atoms with E-state index in [-0.39, 0.29) is 28.3 Å². The van der Waals surface area contributed by atoms with Crippen molar-refractivity contribution in [3.8, 4) is 22.4 Å². The summed E-state index contributed by atoms with van der Waals surface area (Å²) in [5.74, 6) is 0.0574. The standard InChI is InChI=1S/C35H27N5O4S/c41-39(42)29-17-9-23(10-18-29)21-28-7-4-8-31-33(28)37-38(34(31)27-15-19-30(20-16-27)40(43)44)35-36-32(22-45-35)26-13-11-25(12-14-26)24-5-2-1-3-6-24/h1-3,5-6,9-22,31,34H,4,7-8H2/b28-21+. The summed E-state index contributed by atoms with van der Waals surface area (Å²) in [6.07, 6.45) is 4.77. The van der Waals surface area contributed by atoms with E-state index in [1.807, 2.05) is 40.7 Å². The molecule has 1 saturated carbocycles. The third kappa shape index (κ3) is 5.63. The Balaban J connectivity index is 1.24. The van der Waals surface area contributed by atoms with Crippen molar-refractivity contribution < 1.29 is 9.85 Å². The maximum Gasteiger partial charge on any atom is 0.269 e. The van der Waals surface area contributed by atoms with Crippen molar-refractivity contribution in [1.82, 2.24) is 4.98 Å². The fraction of sp³-hybridized carbons (Fsp3) is 0.143. The van der Waals surface area contributed by atoms with Gasteiger partial charge in [0.2, 0.25) is 5.13 Å². The van der Waals surface area contributed by atoms with E-state index in [1.165, 1.54) is 23.5 Å². The molecule has 0 saturated heterocycles. The van der Waals surface area contributed by atoms with Crippen molar-refractivity contribution >= 4 is 39.6 Å². The molecular weight excluding hydrogens is 586 g/mol. The van der Waals surface area contributed by atoms with Crippen LogP contribution in [0.3, 0.4) is 0 Å². The van der Waals surface area contributed by atoms with E-state index in [1.54, 1.807) is 24.3 Å². The maximum atomic E-state index is 11.4. The van der Waals surface area contributed by atoms with Gasteiger partial charge < -0.3 is 0 Å². The molecule has 0 radical (unpaired) electrons. The molecule has 4 aromatic carbocycles. The molecule has 1 aliphatic carbocycles. The van der Waals surface area contributed by atoms with Crippen molar-refractivity contribution in [3.63, 3.8) is 0 Å². The molecule has 2 unspecified atom stereocenters. The van der Waals surface area contributed by atoms with E-state index < -0.39 is 4.92 Å². The van der Waals surface area contributed by atoms with Gasteiger partial charge in [0.25, 0.3) is 11.4 Å². The van der Waals surface area contributed by atoms with Crippen molar-refractivity contribution in [2.24, 2.45) is 11.0 Å². The molecule has 2 atom stereocenters. The first kappa shape index (κ1) is 28.3. The molecule has 0 spiro atoms. The Labute approximate surface area is 263 Å². The monoisotopic (exact) mass is 613 g/mol. The minimum absolute atomic E-state index is 0.0438. The maximum absolute atomic E-state index is 11.4. The molecule has 7 rings (SSSR count). The second-order valence-corrected chi connectivity index (χ2v) is 11.9. The van der Waals surface area contributed by atoms with Gasteiger partial charge in [-0.15, -0.1) is 11.3 Å². The van der Waals surface area contributed by atoms with Gasteiger partial charge in [-0.05, 0) is 65.3 Å². The van der Waals surface area contributed by atoms with E-state index in [2.05, 4.69) is 42.5 Å². The van der Waals surface area contributed by atoms with Gasteiger partial charge in [0.05, 0.1) is 27.3 Å². The summed E-state index contributed by atoms with van der Waals surface area (Å²) in [4.78, 5) is 26.8. The number of rotatable bonds is 7. The summed E-state index contributed by atoms with van der Waals surface area (Å²) in [5.41, 5.74) is 8.11. The lowest BCUT2D eigenvalue weighted by Gasteiger charge is -2.29. The van der Waals surface area contributed by atoms with Gasteiger partial charge in [-0.1, -0.05) is 66.7 Å². The van der Waals surface area contributed by atoms with E-state index in [4.69, 9.17) is 10.1 Å². The number of hydrogen-bond donors (Lipinski definition) is 0. The molecular formula is C35H27N5O4S. The molecule has 45 heavy (non-hydrogen) atoms. The predicted molar refractivity (Wildman–Crippen MR) is 177 cm³/mol. The summed E-state index contributed by atoms with van der Waals surface area (Å²) < 4.78 is 0. The highest BCUT2D eigenvalue weighted by atomic mass is 32.1. The lowest BCUT2D eigenvalue weighted by atomic mass is 9.77. The molecule has 1 fully saturated rings. The van der Waals surface area contributed by atoms with Crippen LogP contribution in [-0.4, -0.2) is 20.5 Å². The quantitative estimate of drug-likeness (QED) is 0.134. The van der Waals surface area contributed by atoms with Crippen LogP contribution in [0, 0.1) is 26.1 Å². The Hall–Kier alpha value is -5.48. The van der Waals surface area contributed by atoms with Gasteiger partial charge >= 0.3 is 0 Å². The van der Waals surface area contributed by atoms with Gasteiger partial charge in [0, 0.05) is 41.1 Å². The molecule has 1 aliphatic heterocycles. The molecule has 2 heterocycles. The van der Waals surface area contributed by atoms with Crippen LogP contribution in [0.1, 0.15) is 36.4 Å². The summed E-state index contributed by atoms with van der Waals surface area (Å²) in [6.45, 7) is 0. The minimum Gasteiger partial charge on any atom is -0.258 e. The third-order valence-electron chi connectivity index (χ3n) is 8.37. The number of anilines is 1. The Morgan fingerprint density at radius 3 is 2.07 bits per heavy atom. The molecule has 9 nitrogen and oxygen atoms in total. The second kappa shape index (κ2) is 11.9. The van der Waals surface area contributed by atoms with Crippen molar-refractivity contribution in [3.05, 3.63) is 145 Å². The van der Waals surface area contributed by atoms with Crippen LogP contribution in [-0.2, 0) is 0 Å². The van der Waals surface area contributed by atoms with E-state index in [0.29, 0.717) is 0 Å². The first-order chi connectivity index (χ1) is 21.9. The van der Waals surface area contributed by atoms with E-state index in [9.17, 15) is 20.2 Å². The van der Waals surface area contributed by atoms with Crippen LogP contribution in [0.2, 0.25) is 0 Å². The zero-order valence-corrected chi connectivity index (χ0v) is 24.8. The van der Waals surface area contributed by atoms with Gasteiger partial charge in [-0.2, -0.15) is 5.10 Å². The molecule has 5 aromatic rings. The van der Waals surface area contributed by atoms with Crippen LogP contribution < -0.4 is 5.01 Å². The predicted octanol–water partition coefficient (Wildman–Crippen LogP) is 9.09. The van der Waals surface area contributed by atoms with Gasteiger partial charge in [-0.25, -0.2) is 9.99 Å². The number of hydrogen-bond acceptors (Lipinski definition) is 8. The number of hydrazone groups is 1. The third-order valence-corrected chi connectivity index (χ3v) is 9.20. The molecule has 2 aliphatic rings. The Bertz CT molecular complexity index is 1940. The highest BCUT2D eigenvalue weighted by Crippen LogP contribution is 2.47. The normalized spacial score (nSPS) is 18.4. The molecule has 0 N–H and O–H groups in total. The first-order valence-corrected chi connectivity index (χ1v) is 15.5. The number of aromatic nitrogens is 1. The lowest BCUT2D eigenvalue weighted by molar-refractivity contribution is -0.385. The summed E-state index contributed by atoms with van der Waals surface area (Å²) in [6, 6.07) is 31.7. The van der Waals surface area contributed by atoms with Gasteiger partial charge in [0.15, 0.2) is 0 Å². The molecule has 10 heteroatoms. The highest BCUT2D eigenvalue weighted by molar-refractivity contribution is 7.14. The van der Waals surface area contributed by atoms with Crippen LogP contribution in [0.15, 0.2) is 119 Å². The van der Waals surface area contributed by atoms with Crippen LogP contribution in [0.5, 0.6) is 0 Å². The number of nitro benzene ring substituents is 2. The largest absolute Gasteiger partial charge is 0.269 e. The fourth-order valence-electron chi connectivity index (χ4n) is 6.14. The number of nitro groups is 2. The molecule has 222 valence electrons. The van der Waals surface area contributed by atoms with E-state index >= 15 is 0 Å². The fourth-order valence-corrected chi connectivity index (χ4v) is 6.96. The van der Waals surface area contributed by atoms with Crippen LogP contribution in [0.25, 0.3) is 28.5 Å². The number of benzene rings is 4. The Kier molecular flexibility index (Phi) is 7.48. The lowest BCUT2D eigenvalue weighted by Crippen LogP contribution is -2.28. The topological polar surface area (TPSA) is 115 Å². The smallest absolute Gasteiger partial charge is 0.258 e. The van der Waals surface area contributed by atoms with Crippen molar-refractivity contribution in [2.75, 3.05) is 5.01 Å². The average Bonchev–Trinajstić information content (AvgIpc) is 3.72. The van der Waals surface area contributed by atoms with Crippen LogP contribution >= 0.6 is 11.3 Å². The Morgan fingerprint density at radius 2 is 1.40 bits per heavy atom. The number of nitrogens with zero attached hydrogens (tertiary/aromatic N) is 5. The van der Waals surface area contributed by atoms with Gasteiger partial charge in [0.1, 0.15) is 0 Å². The Morgan fingerprint density at radius 1 is 0.778 bits per heavy atom. The average molecular weight is 614 g/mol. The second-order valence-electron chi connectivity index (χ2n) is 11.1. The van der Waals surface area contributed by atoms with Crippen molar-refractivity contribution in [1.29, 1.82) is 0 Å². The number of non-ortho nitro benzene ring substituents is 2. The van der Waals surface area contributed by atoms with Crippen molar-refractivity contribution in [2.45, 2.75) is 25.3 Å². The summed E-state index contributed by atoms with van der Waals surface area (Å²) in [7, 11) is 0. The van der Waals surface area contributed by atoms with Gasteiger partial charge in [-0.3, -0.25) is 20.2 Å². The molecule has 0 bridgehead atoms.